The van der Waals surface area contributed by atoms with Crippen molar-refractivity contribution in [3.63, 3.8) is 0 Å². The second-order valence-electron chi connectivity index (χ2n) is 4.13. The van der Waals surface area contributed by atoms with Crippen LogP contribution in [0, 0.1) is 5.92 Å². The van der Waals surface area contributed by atoms with E-state index in [-0.39, 0.29) is 5.75 Å². The van der Waals surface area contributed by atoms with E-state index < -0.39 is 10.0 Å². The Balaban J connectivity index is 3.79. The van der Waals surface area contributed by atoms with Crippen molar-refractivity contribution < 1.29 is 8.42 Å². The number of hydrogen-bond donors (Lipinski definition) is 2. The molecule has 0 aromatic carbocycles. The molecule has 0 bridgehead atoms. The predicted molar refractivity (Wildman–Crippen MR) is 70.9 cm³/mol. The van der Waals surface area contributed by atoms with Crippen LogP contribution in [0.25, 0.3) is 0 Å². The fourth-order valence-electron chi connectivity index (χ4n) is 0.835. The lowest BCUT2D eigenvalue weighted by atomic mass is 10.2. The van der Waals surface area contributed by atoms with Crippen molar-refractivity contribution in [2.24, 2.45) is 5.92 Å². The van der Waals surface area contributed by atoms with Gasteiger partial charge < -0.3 is 10.6 Å². The van der Waals surface area contributed by atoms with Crippen LogP contribution in [0.15, 0.2) is 0 Å². The van der Waals surface area contributed by atoms with Gasteiger partial charge in [-0.15, -0.1) is 0 Å². The molecule has 7 heteroatoms. The van der Waals surface area contributed by atoms with E-state index in [1.807, 2.05) is 0 Å². The highest BCUT2D eigenvalue weighted by molar-refractivity contribution is 7.89. The van der Waals surface area contributed by atoms with Crippen LogP contribution in [0.3, 0.4) is 0 Å². The van der Waals surface area contributed by atoms with E-state index in [1.165, 1.54) is 18.4 Å². The first-order chi connectivity index (χ1) is 7.25. The summed E-state index contributed by atoms with van der Waals surface area (Å²) in [5.41, 5.74) is 0. The van der Waals surface area contributed by atoms with Crippen LogP contribution < -0.4 is 10.6 Å². The standard InChI is InChI=1S/C9H21N3O2S2/c1-8(2)7-11-9(15)10-5-6-16(13,14)12(3)4/h8H,5-7H2,1-4H3,(H2,10,11,15). The summed E-state index contributed by atoms with van der Waals surface area (Å²) in [6.07, 6.45) is 0. The van der Waals surface area contributed by atoms with Gasteiger partial charge in [-0.25, -0.2) is 12.7 Å². The van der Waals surface area contributed by atoms with E-state index >= 15 is 0 Å². The largest absolute Gasteiger partial charge is 0.362 e. The van der Waals surface area contributed by atoms with Crippen LogP contribution in [0.4, 0.5) is 0 Å². The molecule has 16 heavy (non-hydrogen) atoms. The van der Waals surface area contributed by atoms with Crippen LogP contribution >= 0.6 is 12.2 Å². The molecule has 2 N–H and O–H groups in total. The lowest BCUT2D eigenvalue weighted by Gasteiger charge is -2.14. The van der Waals surface area contributed by atoms with Gasteiger partial charge in [0.2, 0.25) is 10.0 Å². The maximum atomic E-state index is 11.4. The fourth-order valence-corrected chi connectivity index (χ4v) is 1.75. The number of thiocarbonyl (C=S) groups is 1. The SMILES string of the molecule is CC(C)CNC(=S)NCCS(=O)(=O)N(C)C. The number of nitrogens with zero attached hydrogens (tertiary/aromatic N) is 1. The Morgan fingerprint density at radius 3 is 2.31 bits per heavy atom. The van der Waals surface area contributed by atoms with Gasteiger partial charge in [0, 0.05) is 27.2 Å². The van der Waals surface area contributed by atoms with E-state index in [4.69, 9.17) is 12.2 Å². The minimum absolute atomic E-state index is 0.0451. The first-order valence-electron chi connectivity index (χ1n) is 5.17. The summed E-state index contributed by atoms with van der Waals surface area (Å²) in [6.45, 7) is 5.26. The minimum Gasteiger partial charge on any atom is -0.362 e. The maximum absolute atomic E-state index is 11.4. The summed E-state index contributed by atoms with van der Waals surface area (Å²) in [6, 6.07) is 0. The fraction of sp³-hybridized carbons (Fsp3) is 0.889. The Hall–Kier alpha value is -0.400. The van der Waals surface area contributed by atoms with Crippen molar-refractivity contribution in [2.75, 3.05) is 32.9 Å². The molecule has 5 nitrogen and oxygen atoms in total. The van der Waals surface area contributed by atoms with Crippen LogP contribution in [0.2, 0.25) is 0 Å². The molecule has 0 aliphatic rings. The Morgan fingerprint density at radius 2 is 1.88 bits per heavy atom. The number of nitrogens with one attached hydrogen (secondary N) is 2. The molecule has 0 saturated heterocycles. The second kappa shape index (κ2) is 7.03. The smallest absolute Gasteiger partial charge is 0.215 e. The number of sulfonamides is 1. The third-order valence-corrected chi connectivity index (χ3v) is 3.99. The van der Waals surface area contributed by atoms with Gasteiger partial charge in [-0.1, -0.05) is 13.8 Å². The Bertz CT molecular complexity index is 313. The van der Waals surface area contributed by atoms with Gasteiger partial charge in [0.15, 0.2) is 5.11 Å². The van der Waals surface area contributed by atoms with Crippen LogP contribution in [0.5, 0.6) is 0 Å². The zero-order chi connectivity index (χ0) is 12.8. The van der Waals surface area contributed by atoms with E-state index in [0.717, 1.165) is 6.54 Å². The first-order valence-corrected chi connectivity index (χ1v) is 7.19. The van der Waals surface area contributed by atoms with Crippen LogP contribution in [-0.2, 0) is 10.0 Å². The molecular formula is C9H21N3O2S2. The Kier molecular flexibility index (Phi) is 6.85. The third kappa shape index (κ3) is 6.97. The first kappa shape index (κ1) is 15.6. The van der Waals surface area contributed by atoms with Crippen molar-refractivity contribution in [3.8, 4) is 0 Å². The molecule has 0 aromatic rings. The molecule has 0 rings (SSSR count). The molecule has 0 fully saturated rings. The molecule has 0 aliphatic carbocycles. The second-order valence-corrected chi connectivity index (χ2v) is 6.84. The molecule has 0 radical (unpaired) electrons. The molecule has 0 spiro atoms. The summed E-state index contributed by atoms with van der Waals surface area (Å²) < 4.78 is 24.0. The van der Waals surface area contributed by atoms with Gasteiger partial charge >= 0.3 is 0 Å². The molecule has 0 aromatic heterocycles. The zero-order valence-corrected chi connectivity index (χ0v) is 11.9. The van der Waals surface area contributed by atoms with Crippen molar-refractivity contribution >= 4 is 27.4 Å². The topological polar surface area (TPSA) is 61.4 Å². The van der Waals surface area contributed by atoms with E-state index in [9.17, 15) is 8.42 Å². The highest BCUT2D eigenvalue weighted by Gasteiger charge is 2.12. The lowest BCUT2D eigenvalue weighted by molar-refractivity contribution is 0.519. The number of rotatable bonds is 6. The molecule has 0 saturated carbocycles. The van der Waals surface area contributed by atoms with E-state index in [0.29, 0.717) is 17.6 Å². The molecule has 0 unspecified atom stereocenters. The zero-order valence-electron chi connectivity index (χ0n) is 10.3. The Morgan fingerprint density at radius 1 is 1.31 bits per heavy atom. The molecule has 0 heterocycles. The molecule has 96 valence electrons. The van der Waals surface area contributed by atoms with Gasteiger partial charge in [-0.3, -0.25) is 0 Å². The molecule has 0 atom stereocenters. The highest BCUT2D eigenvalue weighted by atomic mass is 32.2. The lowest BCUT2D eigenvalue weighted by Crippen LogP contribution is -2.40. The van der Waals surface area contributed by atoms with Crippen molar-refractivity contribution in [2.45, 2.75) is 13.8 Å². The normalized spacial score (nSPS) is 11.9. The van der Waals surface area contributed by atoms with Crippen molar-refractivity contribution in [1.29, 1.82) is 0 Å². The van der Waals surface area contributed by atoms with Gasteiger partial charge in [-0.2, -0.15) is 0 Å². The predicted octanol–water partition coefficient (Wildman–Crippen LogP) is -0.00210. The average molecular weight is 267 g/mol. The van der Waals surface area contributed by atoms with E-state index in [1.54, 1.807) is 0 Å². The third-order valence-electron chi connectivity index (χ3n) is 1.87. The van der Waals surface area contributed by atoms with Crippen molar-refractivity contribution in [1.82, 2.24) is 14.9 Å². The maximum Gasteiger partial charge on any atom is 0.215 e. The van der Waals surface area contributed by atoms with Gasteiger partial charge in [0.1, 0.15) is 0 Å². The quantitative estimate of drug-likeness (QED) is 0.663. The number of hydrogen-bond acceptors (Lipinski definition) is 3. The van der Waals surface area contributed by atoms with Crippen molar-refractivity contribution in [3.05, 3.63) is 0 Å². The summed E-state index contributed by atoms with van der Waals surface area (Å²) in [5, 5.41) is 6.38. The summed E-state index contributed by atoms with van der Waals surface area (Å²) in [4.78, 5) is 0. The van der Waals surface area contributed by atoms with Crippen LogP contribution in [0.1, 0.15) is 13.8 Å². The van der Waals surface area contributed by atoms with Gasteiger partial charge in [0.05, 0.1) is 5.75 Å². The highest BCUT2D eigenvalue weighted by Crippen LogP contribution is 1.92. The van der Waals surface area contributed by atoms with E-state index in [2.05, 4.69) is 24.5 Å². The molecule has 0 amide bonds. The van der Waals surface area contributed by atoms with Gasteiger partial charge in [0.25, 0.3) is 0 Å². The van der Waals surface area contributed by atoms with Crippen LogP contribution in [-0.4, -0.2) is 50.8 Å². The summed E-state index contributed by atoms with van der Waals surface area (Å²) in [7, 11) is -0.105. The Labute approximate surface area is 104 Å². The van der Waals surface area contributed by atoms with Gasteiger partial charge in [-0.05, 0) is 18.1 Å². The minimum atomic E-state index is -3.14. The monoisotopic (exact) mass is 267 g/mol. The summed E-state index contributed by atoms with van der Waals surface area (Å²) in [5.74, 6) is 0.550. The average Bonchev–Trinajstić information content (AvgIpc) is 2.14. The summed E-state index contributed by atoms with van der Waals surface area (Å²) >= 11 is 5.00. The molecular weight excluding hydrogens is 246 g/mol. The molecule has 0 aliphatic heterocycles.